The van der Waals surface area contributed by atoms with Crippen LogP contribution in [0, 0.1) is 0 Å². The average molecular weight is 363 g/mol. The fourth-order valence-corrected chi connectivity index (χ4v) is 5.61. The van der Waals surface area contributed by atoms with Gasteiger partial charge in [0.05, 0.1) is 5.52 Å². The fourth-order valence-electron chi connectivity index (χ4n) is 4.36. The third kappa shape index (κ3) is 1.99. The van der Waals surface area contributed by atoms with Crippen LogP contribution in [0.3, 0.4) is 0 Å². The summed E-state index contributed by atoms with van der Waals surface area (Å²) in [6.07, 6.45) is 0. The van der Waals surface area contributed by atoms with Crippen molar-refractivity contribution < 1.29 is 0 Å². The molecule has 0 aliphatic carbocycles. The number of thiophene rings is 1. The number of rotatable bonds is 1. The number of aryl methyl sites for hydroxylation is 1. The van der Waals surface area contributed by atoms with E-state index < -0.39 is 0 Å². The van der Waals surface area contributed by atoms with Crippen LogP contribution in [0.2, 0.25) is 0 Å². The topological polar surface area (TPSA) is 4.93 Å². The SMILES string of the molecule is Cn1c2ccccc2c2c3c(sc4ccccc43)c(-c3ccccc3)cc21. The summed E-state index contributed by atoms with van der Waals surface area (Å²) in [6.45, 7) is 0. The molecule has 0 fully saturated rings. The van der Waals surface area contributed by atoms with Crippen molar-refractivity contribution in [2.45, 2.75) is 0 Å². The molecule has 0 unspecified atom stereocenters. The molecule has 4 aromatic carbocycles. The van der Waals surface area contributed by atoms with Gasteiger partial charge in [0, 0.05) is 49.1 Å². The Morgan fingerprint density at radius 2 is 1.37 bits per heavy atom. The number of nitrogens with zero attached hydrogens (tertiary/aromatic N) is 1. The van der Waals surface area contributed by atoms with Crippen molar-refractivity contribution in [1.29, 1.82) is 0 Å². The lowest BCUT2D eigenvalue weighted by atomic mass is 9.98. The third-order valence-electron chi connectivity index (χ3n) is 5.61. The molecule has 1 nitrogen and oxygen atoms in total. The van der Waals surface area contributed by atoms with Gasteiger partial charge in [0.15, 0.2) is 0 Å². The van der Waals surface area contributed by atoms with Crippen molar-refractivity contribution >= 4 is 53.3 Å². The zero-order chi connectivity index (χ0) is 18.0. The van der Waals surface area contributed by atoms with Gasteiger partial charge >= 0.3 is 0 Å². The van der Waals surface area contributed by atoms with E-state index in [-0.39, 0.29) is 0 Å². The lowest BCUT2D eigenvalue weighted by Crippen LogP contribution is -1.87. The quantitative estimate of drug-likeness (QED) is 0.287. The first-order chi connectivity index (χ1) is 13.3. The van der Waals surface area contributed by atoms with Crippen LogP contribution in [0.4, 0.5) is 0 Å². The van der Waals surface area contributed by atoms with E-state index in [1.54, 1.807) is 0 Å². The fraction of sp³-hybridized carbons (Fsp3) is 0.0400. The van der Waals surface area contributed by atoms with Crippen LogP contribution < -0.4 is 0 Å². The summed E-state index contributed by atoms with van der Waals surface area (Å²) >= 11 is 1.91. The standard InChI is InChI=1S/C25H17NS/c1-26-20-13-7-5-11-17(20)23-21(26)15-19(16-9-3-2-4-10-16)25-24(23)18-12-6-8-14-22(18)27-25/h2-15H,1H3. The van der Waals surface area contributed by atoms with Crippen molar-refractivity contribution in [2.75, 3.05) is 0 Å². The second-order valence-corrected chi connectivity index (χ2v) is 8.11. The maximum absolute atomic E-state index is 2.38. The summed E-state index contributed by atoms with van der Waals surface area (Å²) in [5.41, 5.74) is 5.19. The van der Waals surface area contributed by atoms with Gasteiger partial charge in [-0.15, -0.1) is 11.3 Å². The van der Waals surface area contributed by atoms with E-state index in [0.29, 0.717) is 0 Å². The molecule has 2 heteroatoms. The number of aromatic nitrogens is 1. The molecule has 6 rings (SSSR count). The summed E-state index contributed by atoms with van der Waals surface area (Å²) in [7, 11) is 2.18. The van der Waals surface area contributed by atoms with E-state index in [0.717, 1.165) is 0 Å². The van der Waals surface area contributed by atoms with E-state index in [4.69, 9.17) is 0 Å². The van der Waals surface area contributed by atoms with Crippen LogP contribution in [0.15, 0.2) is 84.9 Å². The van der Waals surface area contributed by atoms with Crippen LogP contribution in [-0.4, -0.2) is 4.57 Å². The maximum Gasteiger partial charge on any atom is 0.0502 e. The van der Waals surface area contributed by atoms with Crippen LogP contribution in [0.1, 0.15) is 0 Å². The zero-order valence-electron chi connectivity index (χ0n) is 14.9. The molecule has 0 radical (unpaired) electrons. The molecule has 2 aromatic heterocycles. The number of hydrogen-bond donors (Lipinski definition) is 0. The van der Waals surface area contributed by atoms with E-state index in [2.05, 4.69) is 96.5 Å². The van der Waals surface area contributed by atoms with E-state index in [9.17, 15) is 0 Å². The summed E-state index contributed by atoms with van der Waals surface area (Å²) in [5, 5.41) is 5.46. The van der Waals surface area contributed by atoms with Crippen molar-refractivity contribution in [3.8, 4) is 11.1 Å². The smallest absolute Gasteiger partial charge is 0.0502 e. The minimum absolute atomic E-state index is 1.28. The van der Waals surface area contributed by atoms with Gasteiger partial charge in [0.25, 0.3) is 0 Å². The third-order valence-corrected chi connectivity index (χ3v) is 6.81. The average Bonchev–Trinajstić information content (AvgIpc) is 3.24. The van der Waals surface area contributed by atoms with Gasteiger partial charge in [-0.2, -0.15) is 0 Å². The van der Waals surface area contributed by atoms with E-state index in [1.165, 1.54) is 53.1 Å². The highest BCUT2D eigenvalue weighted by Gasteiger charge is 2.18. The normalized spacial score (nSPS) is 11.9. The van der Waals surface area contributed by atoms with Gasteiger partial charge in [-0.3, -0.25) is 0 Å². The van der Waals surface area contributed by atoms with Crippen LogP contribution in [0.5, 0.6) is 0 Å². The molecule has 0 saturated heterocycles. The lowest BCUT2D eigenvalue weighted by Gasteiger charge is -2.07. The molecule has 0 spiro atoms. The lowest BCUT2D eigenvalue weighted by molar-refractivity contribution is 1.01. The largest absolute Gasteiger partial charge is 0.344 e. The van der Waals surface area contributed by atoms with E-state index >= 15 is 0 Å². The van der Waals surface area contributed by atoms with Crippen LogP contribution >= 0.6 is 11.3 Å². The summed E-state index contributed by atoms with van der Waals surface area (Å²) in [6, 6.07) is 30.7. The predicted octanol–water partition coefficient (Wildman–Crippen LogP) is 7.37. The van der Waals surface area contributed by atoms with Crippen molar-refractivity contribution in [2.24, 2.45) is 7.05 Å². The highest BCUT2D eigenvalue weighted by Crippen LogP contribution is 2.46. The Hall–Kier alpha value is -3.10. The number of para-hydroxylation sites is 1. The Balaban J connectivity index is 1.95. The Bertz CT molecular complexity index is 1470. The monoisotopic (exact) mass is 363 g/mol. The molecule has 0 N–H and O–H groups in total. The second-order valence-electron chi connectivity index (χ2n) is 7.06. The van der Waals surface area contributed by atoms with Gasteiger partial charge in [0.1, 0.15) is 0 Å². The summed E-state index contributed by atoms with van der Waals surface area (Å²) < 4.78 is 5.07. The molecule has 0 atom stereocenters. The minimum atomic E-state index is 1.28. The molecular formula is C25H17NS. The first-order valence-corrected chi connectivity index (χ1v) is 10.0. The van der Waals surface area contributed by atoms with Crippen LogP contribution in [0.25, 0.3) is 53.1 Å². The molecule has 2 heterocycles. The first kappa shape index (κ1) is 15.0. The molecule has 27 heavy (non-hydrogen) atoms. The Morgan fingerprint density at radius 1 is 0.667 bits per heavy atom. The van der Waals surface area contributed by atoms with Gasteiger partial charge in [-0.1, -0.05) is 66.7 Å². The van der Waals surface area contributed by atoms with Gasteiger partial charge in [-0.25, -0.2) is 0 Å². The molecule has 128 valence electrons. The second kappa shape index (κ2) is 5.45. The molecule has 0 saturated carbocycles. The van der Waals surface area contributed by atoms with Crippen molar-refractivity contribution in [3.05, 3.63) is 84.9 Å². The van der Waals surface area contributed by atoms with Crippen LogP contribution in [-0.2, 0) is 7.05 Å². The zero-order valence-corrected chi connectivity index (χ0v) is 15.8. The highest BCUT2D eigenvalue weighted by molar-refractivity contribution is 7.26. The minimum Gasteiger partial charge on any atom is -0.344 e. The predicted molar refractivity (Wildman–Crippen MR) is 119 cm³/mol. The van der Waals surface area contributed by atoms with Gasteiger partial charge in [0.2, 0.25) is 0 Å². The molecule has 0 amide bonds. The summed E-state index contributed by atoms with van der Waals surface area (Å²) in [4.78, 5) is 0. The van der Waals surface area contributed by atoms with E-state index in [1.807, 2.05) is 11.3 Å². The number of fused-ring (bicyclic) bond motifs is 7. The maximum atomic E-state index is 2.38. The van der Waals surface area contributed by atoms with Gasteiger partial charge in [-0.05, 0) is 23.8 Å². The molecular weight excluding hydrogens is 346 g/mol. The first-order valence-electron chi connectivity index (χ1n) is 9.20. The van der Waals surface area contributed by atoms with Crippen molar-refractivity contribution in [3.63, 3.8) is 0 Å². The molecule has 0 aliphatic heterocycles. The number of hydrogen-bond acceptors (Lipinski definition) is 1. The van der Waals surface area contributed by atoms with Crippen molar-refractivity contribution in [1.82, 2.24) is 4.57 Å². The highest BCUT2D eigenvalue weighted by atomic mass is 32.1. The number of benzene rings is 4. The molecule has 0 bridgehead atoms. The molecule has 0 aliphatic rings. The molecule has 6 aromatic rings. The summed E-state index contributed by atoms with van der Waals surface area (Å²) in [5.74, 6) is 0. The Morgan fingerprint density at radius 3 is 2.22 bits per heavy atom. The Kier molecular flexibility index (Phi) is 3.03. The van der Waals surface area contributed by atoms with Gasteiger partial charge < -0.3 is 4.57 Å². The Labute approximate surface area is 161 Å².